The highest BCUT2D eigenvalue weighted by atomic mass is 79.9. The first-order valence-corrected chi connectivity index (χ1v) is 6.32. The van der Waals surface area contributed by atoms with Crippen LogP contribution in [0.5, 0.6) is 5.75 Å². The average Bonchev–Trinajstić information content (AvgIpc) is 2.29. The van der Waals surface area contributed by atoms with Crippen molar-refractivity contribution in [1.82, 2.24) is 5.32 Å². The molecule has 0 aliphatic rings. The molecule has 1 unspecified atom stereocenters. The normalized spacial score (nSPS) is 13.4. The Morgan fingerprint density at radius 1 is 1.28 bits per heavy atom. The second-order valence-electron chi connectivity index (χ2n) is 3.90. The smallest absolute Gasteiger partial charge is 0.390 e. The summed E-state index contributed by atoms with van der Waals surface area (Å²) in [6, 6.07) is 6.56. The van der Waals surface area contributed by atoms with Gasteiger partial charge in [-0.2, -0.15) is 13.2 Å². The van der Waals surface area contributed by atoms with Gasteiger partial charge >= 0.3 is 6.18 Å². The van der Waals surface area contributed by atoms with Gasteiger partial charge in [0.15, 0.2) is 0 Å². The number of benzene rings is 1. The lowest BCUT2D eigenvalue weighted by atomic mass is 10.1. The predicted octanol–water partition coefficient (Wildman–Crippen LogP) is 3.76. The van der Waals surface area contributed by atoms with Gasteiger partial charge in [-0.1, -0.05) is 15.9 Å². The number of nitrogens with one attached hydrogen (secondary N) is 1. The molecule has 0 heterocycles. The summed E-state index contributed by atoms with van der Waals surface area (Å²) < 4.78 is 42.9. The minimum atomic E-state index is -4.15. The fourth-order valence-electron chi connectivity index (χ4n) is 1.48. The summed E-state index contributed by atoms with van der Waals surface area (Å²) in [5.41, 5.74) is 0. The molecule has 18 heavy (non-hydrogen) atoms. The van der Waals surface area contributed by atoms with Crippen molar-refractivity contribution in [3.8, 4) is 5.75 Å². The summed E-state index contributed by atoms with van der Waals surface area (Å²) in [4.78, 5) is 0. The van der Waals surface area contributed by atoms with Gasteiger partial charge in [0, 0.05) is 10.5 Å². The molecule has 0 saturated heterocycles. The van der Waals surface area contributed by atoms with Gasteiger partial charge in [0.1, 0.15) is 5.75 Å². The van der Waals surface area contributed by atoms with E-state index in [1.165, 1.54) is 7.05 Å². The third-order valence-corrected chi connectivity index (χ3v) is 2.96. The van der Waals surface area contributed by atoms with Crippen molar-refractivity contribution in [3.05, 3.63) is 28.7 Å². The summed E-state index contributed by atoms with van der Waals surface area (Å²) in [6.07, 6.45) is -4.68. The molecule has 1 atom stereocenters. The molecule has 102 valence electrons. The minimum absolute atomic E-state index is 0.253. The van der Waals surface area contributed by atoms with E-state index in [-0.39, 0.29) is 6.61 Å². The first-order chi connectivity index (χ1) is 8.40. The molecule has 0 aliphatic carbocycles. The van der Waals surface area contributed by atoms with Gasteiger partial charge in [-0.3, -0.25) is 0 Å². The van der Waals surface area contributed by atoms with E-state index in [2.05, 4.69) is 21.2 Å². The Kier molecular flexibility index (Phi) is 5.95. The van der Waals surface area contributed by atoms with Gasteiger partial charge < -0.3 is 10.1 Å². The van der Waals surface area contributed by atoms with Crippen molar-refractivity contribution in [2.45, 2.75) is 25.1 Å². The first kappa shape index (κ1) is 15.3. The molecule has 1 aromatic rings. The fraction of sp³-hybridized carbons (Fsp3) is 0.500. The second kappa shape index (κ2) is 6.99. The van der Waals surface area contributed by atoms with Crippen LogP contribution < -0.4 is 10.1 Å². The van der Waals surface area contributed by atoms with Gasteiger partial charge in [0.25, 0.3) is 0 Å². The van der Waals surface area contributed by atoms with E-state index in [1.807, 2.05) is 12.1 Å². The van der Waals surface area contributed by atoms with Crippen molar-refractivity contribution in [3.63, 3.8) is 0 Å². The molecule has 0 radical (unpaired) electrons. The molecule has 0 aromatic heterocycles. The van der Waals surface area contributed by atoms with E-state index in [0.29, 0.717) is 12.2 Å². The van der Waals surface area contributed by atoms with Crippen LogP contribution in [0.25, 0.3) is 0 Å². The van der Waals surface area contributed by atoms with E-state index in [9.17, 15) is 13.2 Å². The van der Waals surface area contributed by atoms with Gasteiger partial charge in [-0.05, 0) is 37.7 Å². The summed E-state index contributed by atoms with van der Waals surface area (Å²) in [6.45, 7) is 0.253. The Hall–Kier alpha value is -0.750. The van der Waals surface area contributed by atoms with Crippen LogP contribution in [0.15, 0.2) is 28.7 Å². The van der Waals surface area contributed by atoms with Gasteiger partial charge in [0.2, 0.25) is 0 Å². The van der Waals surface area contributed by atoms with Crippen LogP contribution in [0.4, 0.5) is 13.2 Å². The van der Waals surface area contributed by atoms with E-state index >= 15 is 0 Å². The van der Waals surface area contributed by atoms with Crippen molar-refractivity contribution < 1.29 is 17.9 Å². The van der Waals surface area contributed by atoms with Crippen LogP contribution in [-0.4, -0.2) is 25.9 Å². The van der Waals surface area contributed by atoms with Crippen LogP contribution in [0.3, 0.4) is 0 Å². The maximum Gasteiger partial charge on any atom is 0.390 e. The van der Waals surface area contributed by atoms with Crippen molar-refractivity contribution in [2.75, 3.05) is 13.7 Å². The minimum Gasteiger partial charge on any atom is -0.494 e. The Labute approximate surface area is 113 Å². The molecular formula is C12H15BrF3NO. The van der Waals surface area contributed by atoms with Gasteiger partial charge in [0.05, 0.1) is 13.0 Å². The predicted molar refractivity (Wildman–Crippen MR) is 67.8 cm³/mol. The third-order valence-electron chi connectivity index (χ3n) is 2.43. The van der Waals surface area contributed by atoms with Gasteiger partial charge in [-0.25, -0.2) is 0 Å². The molecule has 0 saturated carbocycles. The van der Waals surface area contributed by atoms with Crippen LogP contribution in [0.1, 0.15) is 12.8 Å². The average molecular weight is 326 g/mol. The zero-order valence-electron chi connectivity index (χ0n) is 9.93. The fourth-order valence-corrected chi connectivity index (χ4v) is 1.74. The standard InChI is InChI=1S/C12H15BrF3NO/c1-17-10(8-12(14,15)16)6-7-18-11-4-2-9(13)3-5-11/h2-5,10,17H,6-8H2,1H3. The first-order valence-electron chi connectivity index (χ1n) is 5.53. The lowest BCUT2D eigenvalue weighted by Gasteiger charge is -2.18. The molecule has 0 amide bonds. The highest BCUT2D eigenvalue weighted by Crippen LogP contribution is 2.23. The van der Waals surface area contributed by atoms with E-state index < -0.39 is 18.6 Å². The molecular weight excluding hydrogens is 311 g/mol. The van der Waals surface area contributed by atoms with Gasteiger partial charge in [-0.15, -0.1) is 0 Å². The molecule has 0 bridgehead atoms. The van der Waals surface area contributed by atoms with Crippen molar-refractivity contribution in [2.24, 2.45) is 0 Å². The highest BCUT2D eigenvalue weighted by Gasteiger charge is 2.31. The molecule has 0 aliphatic heterocycles. The summed E-state index contributed by atoms with van der Waals surface area (Å²) in [5, 5.41) is 2.65. The number of hydrogen-bond donors (Lipinski definition) is 1. The van der Waals surface area contributed by atoms with Crippen molar-refractivity contribution >= 4 is 15.9 Å². The summed E-state index contributed by atoms with van der Waals surface area (Å²) in [5.74, 6) is 0.653. The molecule has 2 nitrogen and oxygen atoms in total. The quantitative estimate of drug-likeness (QED) is 0.859. The molecule has 1 aromatic carbocycles. The second-order valence-corrected chi connectivity index (χ2v) is 4.81. The number of alkyl halides is 3. The lowest BCUT2D eigenvalue weighted by Crippen LogP contribution is -2.32. The number of halogens is 4. The SMILES string of the molecule is CNC(CCOc1ccc(Br)cc1)CC(F)(F)F. The number of hydrogen-bond acceptors (Lipinski definition) is 2. The maximum atomic E-state index is 12.2. The Balaban J connectivity index is 2.33. The van der Waals surface area contributed by atoms with Crippen LogP contribution in [0.2, 0.25) is 0 Å². The molecule has 6 heteroatoms. The van der Waals surface area contributed by atoms with Crippen LogP contribution in [0, 0.1) is 0 Å². The zero-order chi connectivity index (χ0) is 13.6. The summed E-state index contributed by atoms with van der Waals surface area (Å²) >= 11 is 3.29. The Bertz CT molecular complexity index is 353. The molecule has 0 spiro atoms. The number of rotatable bonds is 6. The Morgan fingerprint density at radius 3 is 2.39 bits per heavy atom. The molecule has 1 N–H and O–H groups in total. The van der Waals surface area contributed by atoms with Crippen molar-refractivity contribution in [1.29, 1.82) is 0 Å². The third kappa shape index (κ3) is 6.26. The zero-order valence-corrected chi connectivity index (χ0v) is 11.5. The maximum absolute atomic E-state index is 12.2. The Morgan fingerprint density at radius 2 is 1.89 bits per heavy atom. The monoisotopic (exact) mass is 325 g/mol. The summed E-state index contributed by atoms with van der Waals surface area (Å²) in [7, 11) is 1.52. The lowest BCUT2D eigenvalue weighted by molar-refractivity contribution is -0.140. The largest absolute Gasteiger partial charge is 0.494 e. The van der Waals surface area contributed by atoms with E-state index in [1.54, 1.807) is 12.1 Å². The number of ether oxygens (including phenoxy) is 1. The molecule has 1 rings (SSSR count). The van der Waals surface area contributed by atoms with Crippen LogP contribution in [-0.2, 0) is 0 Å². The molecule has 0 fully saturated rings. The van der Waals surface area contributed by atoms with Crippen LogP contribution >= 0.6 is 15.9 Å². The van der Waals surface area contributed by atoms with E-state index in [4.69, 9.17) is 4.74 Å². The van der Waals surface area contributed by atoms with E-state index in [0.717, 1.165) is 4.47 Å². The highest BCUT2D eigenvalue weighted by molar-refractivity contribution is 9.10. The topological polar surface area (TPSA) is 21.3 Å².